The first-order valence-electron chi connectivity index (χ1n) is 33.0. The molecule has 0 radical (unpaired) electrons. The van der Waals surface area contributed by atoms with Gasteiger partial charge in [-0.05, 0) is 109 Å². The lowest BCUT2D eigenvalue weighted by molar-refractivity contribution is 0.591. The fourth-order valence-corrected chi connectivity index (χ4v) is 19.8. The molecule has 2 aliphatic heterocycles. The number of para-hydroxylation sites is 12. The monoisotopic (exact) mass is 1300 g/mol. The van der Waals surface area contributed by atoms with Crippen molar-refractivity contribution in [3.05, 3.63) is 382 Å². The molecular formula is C89H63N5O2P2. The zero-order valence-electron chi connectivity index (χ0n) is 53.3. The van der Waals surface area contributed by atoms with Gasteiger partial charge in [0.1, 0.15) is 0 Å². The van der Waals surface area contributed by atoms with Crippen molar-refractivity contribution in [3.63, 3.8) is 0 Å². The quantitative estimate of drug-likeness (QED) is 0.101. The van der Waals surface area contributed by atoms with E-state index in [0.29, 0.717) is 22.0 Å². The summed E-state index contributed by atoms with van der Waals surface area (Å²) in [5, 5.41) is 4.30. The molecule has 15 aromatic rings. The molecule has 0 N–H and O–H groups in total. The van der Waals surface area contributed by atoms with Crippen LogP contribution in [0.3, 0.4) is 0 Å². The summed E-state index contributed by atoms with van der Waals surface area (Å²) in [6.07, 6.45) is 0. The van der Waals surface area contributed by atoms with E-state index in [1.54, 1.807) is 0 Å². The van der Waals surface area contributed by atoms with Gasteiger partial charge in [0.2, 0.25) is 0 Å². The molecule has 0 unspecified atom stereocenters. The summed E-state index contributed by atoms with van der Waals surface area (Å²) in [6, 6.07) is 131. The first-order valence-corrected chi connectivity index (χ1v) is 36.4. The average molecular weight is 1300 g/mol. The number of hydrogen-bond acceptors (Lipinski definition) is 7. The Hall–Kier alpha value is -12.1. The highest BCUT2D eigenvalue weighted by Crippen LogP contribution is 2.59. The molecule has 0 spiro atoms. The van der Waals surface area contributed by atoms with E-state index in [-0.39, 0.29) is 0 Å². The van der Waals surface area contributed by atoms with E-state index in [4.69, 9.17) is 4.98 Å². The summed E-state index contributed by atoms with van der Waals surface area (Å²) in [5.74, 6) is 0. The van der Waals surface area contributed by atoms with Crippen LogP contribution in [0.4, 0.5) is 68.2 Å². The number of nitrogens with zero attached hydrogens (tertiary/aromatic N) is 5. The van der Waals surface area contributed by atoms with E-state index in [1.165, 1.54) is 0 Å². The minimum absolute atomic E-state index is 0.675. The Morgan fingerprint density at radius 1 is 0.194 bits per heavy atom. The molecule has 466 valence electrons. The molecule has 0 aliphatic carbocycles. The molecule has 0 fully saturated rings. The summed E-state index contributed by atoms with van der Waals surface area (Å²) in [5.41, 5.74) is 18.3. The zero-order valence-corrected chi connectivity index (χ0v) is 55.1. The molecule has 0 bridgehead atoms. The maximum atomic E-state index is 16.7. The highest BCUT2D eigenvalue weighted by molar-refractivity contribution is 7.85. The van der Waals surface area contributed by atoms with Crippen LogP contribution >= 0.6 is 14.3 Å². The normalized spacial score (nSPS) is 12.5. The van der Waals surface area contributed by atoms with Gasteiger partial charge in [-0.1, -0.05) is 279 Å². The number of rotatable bonds is 14. The number of pyridine rings is 1. The smallest absolute Gasteiger partial charge is 0.171 e. The minimum Gasteiger partial charge on any atom is -0.309 e. The summed E-state index contributed by atoms with van der Waals surface area (Å²) >= 11 is 0. The van der Waals surface area contributed by atoms with Crippen LogP contribution in [0, 0.1) is 0 Å². The SMILES string of the molecule is O=P(c1ccccc1)(c1ccccc1)c1cccc(-c2cc(-c3ccccc3N3c4ccccc4N(c4ccccc4)c4ccccc43)c(-c3cccc(P(=O)(c4ccccc4)c4ccccc4)c3)nc2-c2ccccc2N2c3ccccc3N(c3ccccc3)c3ccccc32)c1. The van der Waals surface area contributed by atoms with Gasteiger partial charge in [-0.15, -0.1) is 0 Å². The highest BCUT2D eigenvalue weighted by Gasteiger charge is 2.37. The van der Waals surface area contributed by atoms with E-state index in [0.717, 1.165) is 123 Å². The van der Waals surface area contributed by atoms with Gasteiger partial charge < -0.3 is 28.7 Å². The lowest BCUT2D eigenvalue weighted by Crippen LogP contribution is -2.25. The Kier molecular flexibility index (Phi) is 15.3. The Morgan fingerprint density at radius 3 is 0.847 bits per heavy atom. The summed E-state index contributed by atoms with van der Waals surface area (Å²) in [6.45, 7) is 0. The van der Waals surface area contributed by atoms with E-state index in [1.807, 2.05) is 146 Å². The van der Waals surface area contributed by atoms with Crippen molar-refractivity contribution in [1.82, 2.24) is 4.98 Å². The van der Waals surface area contributed by atoms with Crippen molar-refractivity contribution in [2.75, 3.05) is 19.6 Å². The third-order valence-electron chi connectivity index (χ3n) is 18.8. The second kappa shape index (κ2) is 25.2. The Morgan fingerprint density at radius 2 is 0.469 bits per heavy atom. The largest absolute Gasteiger partial charge is 0.309 e. The van der Waals surface area contributed by atoms with Crippen LogP contribution in [0.25, 0.3) is 44.8 Å². The van der Waals surface area contributed by atoms with Crippen molar-refractivity contribution >= 4 is 114 Å². The second-order valence-corrected chi connectivity index (χ2v) is 30.0. The first-order chi connectivity index (χ1) is 48.4. The number of fused-ring (bicyclic) bond motifs is 4. The van der Waals surface area contributed by atoms with Crippen LogP contribution in [0.1, 0.15) is 0 Å². The van der Waals surface area contributed by atoms with Gasteiger partial charge in [0.25, 0.3) is 0 Å². The number of hydrogen-bond donors (Lipinski definition) is 0. The Labute approximate surface area is 571 Å². The predicted octanol–water partition coefficient (Wildman–Crippen LogP) is 21.5. The van der Waals surface area contributed by atoms with Crippen LogP contribution in [0.15, 0.2) is 382 Å². The topological polar surface area (TPSA) is 60.0 Å². The third-order valence-corrected chi connectivity index (χ3v) is 24.9. The number of aromatic nitrogens is 1. The predicted molar refractivity (Wildman–Crippen MR) is 411 cm³/mol. The molecule has 9 heteroatoms. The second-order valence-electron chi connectivity index (χ2n) is 24.4. The van der Waals surface area contributed by atoms with Gasteiger partial charge in [0.15, 0.2) is 14.3 Å². The molecule has 98 heavy (non-hydrogen) atoms. The Bertz CT molecular complexity index is 5040. The highest BCUT2D eigenvalue weighted by atomic mass is 31.2. The molecular weight excluding hydrogens is 1230 g/mol. The van der Waals surface area contributed by atoms with Crippen molar-refractivity contribution in [1.29, 1.82) is 0 Å². The van der Waals surface area contributed by atoms with Gasteiger partial charge in [-0.3, -0.25) is 0 Å². The molecule has 0 atom stereocenters. The molecule has 2 aliphatic rings. The molecule has 3 heterocycles. The summed E-state index contributed by atoms with van der Waals surface area (Å²) in [7, 11) is -7.07. The van der Waals surface area contributed by atoms with Crippen molar-refractivity contribution in [3.8, 4) is 44.8 Å². The standard InChI is InChI=1S/C89H63N5O2P2/c95-97(68-39-11-3-12-40-68,69-41-13-4-14-42-69)72-47-31-33-64(61-72)76-63-77(74-49-19-21-51-78(74)93-84-57-27-23-53-80(84)91(66-35-7-1-8-36-66)81-54-24-28-58-85(81)93)88(65-34-32-48-73(62-65)98(96,70-43-15-5-16-44-70)71-45-17-6-18-46-71)90-89(76)75-50-20-22-52-79(75)94-86-59-29-25-55-82(86)92(67-37-9-2-10-38-67)83-56-26-30-60-87(83)94/h1-63H. The van der Waals surface area contributed by atoms with Gasteiger partial charge in [-0.25, -0.2) is 4.98 Å². The van der Waals surface area contributed by atoms with Crippen molar-refractivity contribution < 1.29 is 9.13 Å². The summed E-state index contributed by atoms with van der Waals surface area (Å²) < 4.78 is 33.4. The van der Waals surface area contributed by atoms with Crippen LogP contribution in [0.2, 0.25) is 0 Å². The lowest BCUT2D eigenvalue weighted by atomic mass is 9.90. The van der Waals surface area contributed by atoms with Gasteiger partial charge in [-0.2, -0.15) is 0 Å². The molecule has 14 aromatic carbocycles. The molecule has 0 amide bonds. The summed E-state index contributed by atoms with van der Waals surface area (Å²) in [4.78, 5) is 15.7. The Balaban J connectivity index is 0.974. The van der Waals surface area contributed by atoms with Crippen LogP contribution in [-0.2, 0) is 9.13 Å². The van der Waals surface area contributed by atoms with E-state index < -0.39 is 14.3 Å². The fourth-order valence-electron chi connectivity index (χ4n) is 14.4. The zero-order chi connectivity index (χ0) is 65.6. The van der Waals surface area contributed by atoms with E-state index in [9.17, 15) is 0 Å². The maximum Gasteiger partial charge on any atom is 0.171 e. The van der Waals surface area contributed by atoms with Crippen LogP contribution in [0.5, 0.6) is 0 Å². The first kappa shape index (κ1) is 59.6. The number of anilines is 12. The van der Waals surface area contributed by atoms with Crippen LogP contribution < -0.4 is 51.4 Å². The molecule has 0 saturated heterocycles. The molecule has 1 aromatic heterocycles. The molecule has 0 saturated carbocycles. The van der Waals surface area contributed by atoms with E-state index in [2.05, 4.69) is 256 Å². The van der Waals surface area contributed by atoms with Gasteiger partial charge in [0, 0.05) is 71.0 Å². The number of benzene rings is 14. The van der Waals surface area contributed by atoms with E-state index >= 15 is 9.13 Å². The van der Waals surface area contributed by atoms with Crippen LogP contribution in [-0.4, -0.2) is 4.98 Å². The lowest BCUT2D eigenvalue weighted by Gasteiger charge is -2.41. The molecule has 17 rings (SSSR count). The van der Waals surface area contributed by atoms with Crippen molar-refractivity contribution in [2.24, 2.45) is 0 Å². The maximum absolute atomic E-state index is 16.7. The molecule has 7 nitrogen and oxygen atoms in total. The average Bonchev–Trinajstić information content (AvgIpc) is 0.730. The fraction of sp³-hybridized carbons (Fsp3) is 0. The minimum atomic E-state index is -3.54. The van der Waals surface area contributed by atoms with Crippen molar-refractivity contribution in [2.45, 2.75) is 0 Å². The third kappa shape index (κ3) is 10.2. The van der Waals surface area contributed by atoms with Gasteiger partial charge >= 0.3 is 0 Å². The van der Waals surface area contributed by atoms with Gasteiger partial charge in [0.05, 0.1) is 68.3 Å².